The Labute approximate surface area is 284 Å². The van der Waals surface area contributed by atoms with Crippen LogP contribution in [0.5, 0.6) is 0 Å². The Morgan fingerprint density at radius 3 is 1.65 bits per heavy atom. The van der Waals surface area contributed by atoms with Crippen LogP contribution in [-0.2, 0) is 32.9 Å². The van der Waals surface area contributed by atoms with Gasteiger partial charge >= 0.3 is 6.09 Å². The van der Waals surface area contributed by atoms with E-state index in [-0.39, 0.29) is 28.9 Å². The highest BCUT2D eigenvalue weighted by Gasteiger charge is 2.22. The predicted octanol–water partition coefficient (Wildman–Crippen LogP) is 4.32. The molecular weight excluding hydrogens is 632 g/mol. The highest BCUT2D eigenvalue weighted by atomic mass is 16.6. The molecule has 0 saturated carbocycles. The minimum Gasteiger partial charge on any atom is -0.444 e. The fourth-order valence-corrected chi connectivity index (χ4v) is 4.86. The van der Waals surface area contributed by atoms with Crippen molar-refractivity contribution < 1.29 is 28.7 Å². The van der Waals surface area contributed by atoms with Crippen molar-refractivity contribution in [2.24, 2.45) is 34.1 Å². The van der Waals surface area contributed by atoms with Crippen LogP contribution in [0.2, 0.25) is 0 Å². The van der Waals surface area contributed by atoms with Crippen molar-refractivity contribution in [2.45, 2.75) is 46.6 Å². The van der Waals surface area contributed by atoms with Gasteiger partial charge in [-0.2, -0.15) is 0 Å². The van der Waals surface area contributed by atoms with Gasteiger partial charge in [-0.1, -0.05) is 13.8 Å². The lowest BCUT2D eigenvalue weighted by Gasteiger charge is -2.19. The van der Waals surface area contributed by atoms with Crippen LogP contribution in [0.4, 0.5) is 27.7 Å². The molecule has 0 aliphatic carbocycles. The van der Waals surface area contributed by atoms with Crippen molar-refractivity contribution in [3.63, 3.8) is 0 Å². The first kappa shape index (κ1) is 36.0. The molecule has 0 aromatic carbocycles. The number of nitrogens with zero attached hydrogens (tertiary/aromatic N) is 5. The molecule has 16 heteroatoms. The van der Waals surface area contributed by atoms with Gasteiger partial charge in [0.2, 0.25) is 5.82 Å². The summed E-state index contributed by atoms with van der Waals surface area (Å²) in [6, 6.07) is 4.60. The molecule has 0 aliphatic heterocycles. The Morgan fingerprint density at radius 2 is 1.14 bits per heavy atom. The van der Waals surface area contributed by atoms with Gasteiger partial charge in [0, 0.05) is 59.5 Å². The molecule has 0 unspecified atom stereocenters. The second-order valence-corrected chi connectivity index (χ2v) is 13.2. The first-order valence-corrected chi connectivity index (χ1v) is 15.6. The van der Waals surface area contributed by atoms with Gasteiger partial charge in [-0.25, -0.2) is 9.78 Å². The minimum absolute atomic E-state index is 0.00722. The molecule has 5 N–H and O–H groups in total. The molecule has 4 rings (SSSR count). The van der Waals surface area contributed by atoms with Gasteiger partial charge in [-0.05, 0) is 51.3 Å². The van der Waals surface area contributed by atoms with Gasteiger partial charge in [0.05, 0.1) is 17.1 Å². The number of hydrogen-bond donors (Lipinski definition) is 5. The maximum atomic E-state index is 13.1. The zero-order chi connectivity index (χ0) is 36.2. The zero-order valence-electron chi connectivity index (χ0n) is 29.2. The summed E-state index contributed by atoms with van der Waals surface area (Å²) in [5, 5.41) is 13.7. The molecule has 262 valence electrons. The number of carbonyl (C=O) groups is 5. The summed E-state index contributed by atoms with van der Waals surface area (Å²) in [6.07, 6.45) is 6.48. The number of aromatic nitrogens is 5. The first-order chi connectivity index (χ1) is 22.9. The molecule has 0 aliphatic rings. The maximum Gasteiger partial charge on any atom is 0.412 e. The third kappa shape index (κ3) is 9.39. The number of aryl methyl sites for hydroxylation is 4. The third-order valence-corrected chi connectivity index (χ3v) is 7.20. The van der Waals surface area contributed by atoms with E-state index in [4.69, 9.17) is 4.74 Å². The second kappa shape index (κ2) is 14.5. The number of nitrogens with one attached hydrogen (secondary N) is 5. The first-order valence-electron chi connectivity index (χ1n) is 15.6. The SMILES string of the molecule is CC(C)CCNC(=O)c1cc(NC(=O)c2cc(NC(=O)c3nc(NC(=O)c4cc(NC(=O)OC(C)(C)C)cn4C)cn3C)cn2C)cn1C. The average Bonchev–Trinajstić information content (AvgIpc) is 3.72. The largest absolute Gasteiger partial charge is 0.444 e. The topological polar surface area (TPSA) is 187 Å². The molecule has 0 fully saturated rings. The molecule has 5 amide bonds. The molecule has 4 aromatic rings. The van der Waals surface area contributed by atoms with Crippen LogP contribution >= 0.6 is 0 Å². The van der Waals surface area contributed by atoms with E-state index >= 15 is 0 Å². The molecule has 0 saturated heterocycles. The molecule has 4 aromatic heterocycles. The average molecular weight is 677 g/mol. The van der Waals surface area contributed by atoms with Crippen molar-refractivity contribution >= 4 is 52.6 Å². The van der Waals surface area contributed by atoms with E-state index in [1.54, 1.807) is 82.8 Å². The van der Waals surface area contributed by atoms with Gasteiger partial charge in [0.15, 0.2) is 5.82 Å². The Bertz CT molecular complexity index is 1880. The summed E-state index contributed by atoms with van der Waals surface area (Å²) in [5.74, 6) is -1.15. The molecule has 4 heterocycles. The van der Waals surface area contributed by atoms with Gasteiger partial charge < -0.3 is 44.3 Å². The predicted molar refractivity (Wildman–Crippen MR) is 185 cm³/mol. The Morgan fingerprint density at radius 1 is 0.673 bits per heavy atom. The lowest BCUT2D eigenvalue weighted by molar-refractivity contribution is 0.0635. The van der Waals surface area contributed by atoms with Crippen molar-refractivity contribution in [1.29, 1.82) is 0 Å². The van der Waals surface area contributed by atoms with Crippen molar-refractivity contribution in [1.82, 2.24) is 28.6 Å². The van der Waals surface area contributed by atoms with E-state index in [1.165, 1.54) is 27.5 Å². The number of anilines is 4. The van der Waals surface area contributed by atoms with E-state index < -0.39 is 29.4 Å². The number of rotatable bonds is 11. The van der Waals surface area contributed by atoms with Crippen LogP contribution < -0.4 is 26.6 Å². The third-order valence-electron chi connectivity index (χ3n) is 7.20. The summed E-state index contributed by atoms with van der Waals surface area (Å²) < 4.78 is 11.4. The van der Waals surface area contributed by atoms with Crippen molar-refractivity contribution in [3.05, 3.63) is 65.9 Å². The van der Waals surface area contributed by atoms with E-state index in [2.05, 4.69) is 45.4 Å². The Balaban J connectivity index is 1.37. The Hall–Kier alpha value is -5.80. The molecule has 49 heavy (non-hydrogen) atoms. The lowest BCUT2D eigenvalue weighted by Crippen LogP contribution is -2.27. The summed E-state index contributed by atoms with van der Waals surface area (Å²) in [5.41, 5.74) is 1.38. The summed E-state index contributed by atoms with van der Waals surface area (Å²) >= 11 is 0. The quantitative estimate of drug-likeness (QED) is 0.157. The lowest BCUT2D eigenvalue weighted by atomic mass is 10.1. The van der Waals surface area contributed by atoms with E-state index in [1.807, 2.05) is 0 Å². The van der Waals surface area contributed by atoms with Crippen LogP contribution in [-0.4, -0.2) is 65.1 Å². The fraction of sp³-hybridized carbons (Fsp3) is 0.394. The normalized spacial score (nSPS) is 11.3. The van der Waals surface area contributed by atoms with Gasteiger partial charge in [-0.15, -0.1) is 0 Å². The highest BCUT2D eigenvalue weighted by molar-refractivity contribution is 6.07. The molecule has 0 bridgehead atoms. The van der Waals surface area contributed by atoms with Crippen molar-refractivity contribution in [3.8, 4) is 0 Å². The highest BCUT2D eigenvalue weighted by Crippen LogP contribution is 2.20. The van der Waals surface area contributed by atoms with Crippen LogP contribution in [0.1, 0.15) is 83.1 Å². The monoisotopic (exact) mass is 676 g/mol. The number of amides is 5. The summed E-state index contributed by atoms with van der Waals surface area (Å²) in [6.45, 7) is 9.95. The second-order valence-electron chi connectivity index (χ2n) is 13.2. The fourth-order valence-electron chi connectivity index (χ4n) is 4.86. The summed E-state index contributed by atoms with van der Waals surface area (Å²) in [7, 11) is 6.63. The maximum absolute atomic E-state index is 13.1. The summed E-state index contributed by atoms with van der Waals surface area (Å²) in [4.78, 5) is 68.2. The molecule has 0 spiro atoms. The van der Waals surface area contributed by atoms with Crippen LogP contribution in [0.3, 0.4) is 0 Å². The smallest absolute Gasteiger partial charge is 0.412 e. The van der Waals surface area contributed by atoms with Gasteiger partial charge in [0.25, 0.3) is 23.6 Å². The van der Waals surface area contributed by atoms with Gasteiger partial charge in [0.1, 0.15) is 22.7 Å². The van der Waals surface area contributed by atoms with E-state index in [0.717, 1.165) is 6.42 Å². The van der Waals surface area contributed by atoms with E-state index in [9.17, 15) is 24.0 Å². The molecular formula is C33H44N10O6. The van der Waals surface area contributed by atoms with Gasteiger partial charge in [-0.3, -0.25) is 24.5 Å². The molecule has 0 radical (unpaired) electrons. The van der Waals surface area contributed by atoms with E-state index in [0.29, 0.717) is 35.2 Å². The molecule has 0 atom stereocenters. The van der Waals surface area contributed by atoms with Crippen LogP contribution in [0.15, 0.2) is 43.0 Å². The van der Waals surface area contributed by atoms with Crippen molar-refractivity contribution in [2.75, 3.05) is 27.8 Å². The number of imidazole rings is 1. The minimum atomic E-state index is -0.680. The number of carbonyl (C=O) groups excluding carboxylic acids is 5. The number of ether oxygens (including phenoxy) is 1. The Kier molecular flexibility index (Phi) is 10.7. The standard InChI is InChI=1S/C33H44N10O6/c1-19(2)10-11-34-28(44)23-12-20(15-40(23)6)35-29(45)24-13-21(16-41(24)7)36-31(47)27-38-26(18-43(27)9)39-30(46)25-14-22(17-42(25)8)37-32(48)49-33(3,4)5/h12-19H,10-11H2,1-9H3,(H,34,44)(H,35,45)(H,36,47)(H,37,48)(H,39,46). The van der Waals surface area contributed by atoms with Crippen LogP contribution in [0.25, 0.3) is 0 Å². The number of hydrogen-bond acceptors (Lipinski definition) is 7. The van der Waals surface area contributed by atoms with Crippen LogP contribution in [0, 0.1) is 5.92 Å². The molecule has 16 nitrogen and oxygen atoms in total. The zero-order valence-corrected chi connectivity index (χ0v) is 29.2.